The molecule has 1 rings (SSSR count). The summed E-state index contributed by atoms with van der Waals surface area (Å²) in [6.45, 7) is 5.73. The summed E-state index contributed by atoms with van der Waals surface area (Å²) in [4.78, 5) is 14.5. The monoisotopic (exact) mass is 241 g/mol. The molecule has 1 N–H and O–H groups in total. The number of rotatable bonds is 5. The van der Waals surface area contributed by atoms with Gasteiger partial charge in [0, 0.05) is 10.9 Å². The number of hydrogen-bond acceptors (Lipinski definition) is 3. The van der Waals surface area contributed by atoms with E-state index in [2.05, 4.69) is 0 Å². The summed E-state index contributed by atoms with van der Waals surface area (Å²) < 4.78 is 0. The largest absolute Gasteiger partial charge is 0.480 e. The molecule has 0 radical (unpaired) electrons. The molecule has 4 heteroatoms. The molecular formula is C12H19NO2S. The van der Waals surface area contributed by atoms with Crippen LogP contribution in [0, 0.1) is 0 Å². The van der Waals surface area contributed by atoms with Gasteiger partial charge in [-0.05, 0) is 38.8 Å². The van der Waals surface area contributed by atoms with Crippen LogP contribution in [0.5, 0.6) is 0 Å². The fourth-order valence-electron chi connectivity index (χ4n) is 1.70. The van der Waals surface area contributed by atoms with Gasteiger partial charge in [0.15, 0.2) is 0 Å². The summed E-state index contributed by atoms with van der Waals surface area (Å²) in [5.41, 5.74) is -0.802. The predicted molar refractivity (Wildman–Crippen MR) is 66.8 cm³/mol. The first-order valence-corrected chi connectivity index (χ1v) is 6.31. The van der Waals surface area contributed by atoms with Gasteiger partial charge in [0.05, 0.1) is 0 Å². The van der Waals surface area contributed by atoms with Crippen molar-refractivity contribution in [2.24, 2.45) is 0 Å². The minimum atomic E-state index is -0.802. The molecule has 1 aromatic heterocycles. The van der Waals surface area contributed by atoms with Crippen LogP contribution >= 0.6 is 11.3 Å². The lowest BCUT2D eigenvalue weighted by Crippen LogP contribution is -2.50. The molecule has 1 aromatic rings. The zero-order chi connectivity index (χ0) is 12.3. The number of likely N-dealkylation sites (N-methyl/N-ethyl adjacent to an activating group) is 1. The highest BCUT2D eigenvalue weighted by Gasteiger charge is 2.38. The molecule has 16 heavy (non-hydrogen) atoms. The third-order valence-electron chi connectivity index (χ3n) is 3.46. The van der Waals surface area contributed by atoms with Crippen LogP contribution in [0.1, 0.15) is 38.1 Å². The van der Waals surface area contributed by atoms with Gasteiger partial charge >= 0.3 is 5.97 Å². The molecule has 1 heterocycles. The van der Waals surface area contributed by atoms with Gasteiger partial charge in [-0.15, -0.1) is 11.3 Å². The number of nitrogens with zero attached hydrogens (tertiary/aromatic N) is 1. The van der Waals surface area contributed by atoms with Crippen LogP contribution in [-0.2, 0) is 4.79 Å². The second-order valence-corrected chi connectivity index (χ2v) is 5.21. The molecule has 0 aliphatic heterocycles. The van der Waals surface area contributed by atoms with Crippen molar-refractivity contribution < 1.29 is 9.90 Å². The minimum Gasteiger partial charge on any atom is -0.480 e. The highest BCUT2D eigenvalue weighted by Crippen LogP contribution is 2.31. The van der Waals surface area contributed by atoms with Gasteiger partial charge in [0.2, 0.25) is 0 Å². The first-order chi connectivity index (χ1) is 7.43. The lowest BCUT2D eigenvalue weighted by molar-refractivity contribution is -0.151. The van der Waals surface area contributed by atoms with Crippen LogP contribution in [0.15, 0.2) is 17.5 Å². The molecule has 0 spiro atoms. The average molecular weight is 241 g/mol. The number of thiophene rings is 1. The number of hydrogen-bond donors (Lipinski definition) is 1. The lowest BCUT2D eigenvalue weighted by Gasteiger charge is -2.38. The number of aliphatic carboxylic acids is 1. The molecular weight excluding hydrogens is 222 g/mol. The maximum atomic E-state index is 11.3. The Balaban J connectivity index is 2.92. The van der Waals surface area contributed by atoms with Gasteiger partial charge in [0.1, 0.15) is 5.54 Å². The van der Waals surface area contributed by atoms with E-state index in [1.54, 1.807) is 18.3 Å². The van der Waals surface area contributed by atoms with Gasteiger partial charge in [0.25, 0.3) is 0 Å². The van der Waals surface area contributed by atoms with Crippen LogP contribution in [-0.4, -0.2) is 28.6 Å². The number of carboxylic acids is 1. The summed E-state index contributed by atoms with van der Waals surface area (Å²) in [6.07, 6.45) is 0.592. The van der Waals surface area contributed by atoms with Crippen molar-refractivity contribution in [2.45, 2.75) is 38.8 Å². The highest BCUT2D eigenvalue weighted by molar-refractivity contribution is 7.10. The molecule has 0 fully saturated rings. The summed E-state index contributed by atoms with van der Waals surface area (Å²) in [6, 6.07) is 4.17. The number of carboxylic acid groups (broad SMARTS) is 1. The van der Waals surface area contributed by atoms with E-state index < -0.39 is 11.5 Å². The van der Waals surface area contributed by atoms with E-state index in [9.17, 15) is 9.90 Å². The van der Waals surface area contributed by atoms with Crippen molar-refractivity contribution in [3.63, 3.8) is 0 Å². The molecule has 2 unspecified atom stereocenters. The fraction of sp³-hybridized carbons (Fsp3) is 0.583. The van der Waals surface area contributed by atoms with Crippen LogP contribution in [0.25, 0.3) is 0 Å². The van der Waals surface area contributed by atoms with Crippen LogP contribution in [0.2, 0.25) is 0 Å². The maximum Gasteiger partial charge on any atom is 0.323 e. The molecule has 0 amide bonds. The smallest absolute Gasteiger partial charge is 0.323 e. The van der Waals surface area contributed by atoms with Crippen molar-refractivity contribution in [3.8, 4) is 0 Å². The van der Waals surface area contributed by atoms with Crippen LogP contribution < -0.4 is 0 Å². The Kier molecular flexibility index (Phi) is 4.10. The molecule has 0 aliphatic rings. The lowest BCUT2D eigenvalue weighted by atomic mass is 9.95. The van der Waals surface area contributed by atoms with E-state index >= 15 is 0 Å². The first kappa shape index (κ1) is 13.2. The standard InChI is InChI=1S/C12H19NO2S/c1-5-12(3,11(14)15)13(4)9(2)10-7-6-8-16-10/h6-9H,5H2,1-4H3,(H,14,15). The first-order valence-electron chi connectivity index (χ1n) is 5.43. The average Bonchev–Trinajstić information content (AvgIpc) is 2.79. The van der Waals surface area contributed by atoms with E-state index in [0.29, 0.717) is 6.42 Å². The second kappa shape index (κ2) is 4.97. The minimum absolute atomic E-state index is 0.126. The zero-order valence-corrected chi connectivity index (χ0v) is 11.0. The Labute approximate surface area is 101 Å². The third kappa shape index (κ3) is 2.28. The summed E-state index contributed by atoms with van der Waals surface area (Å²) in [5, 5.41) is 11.3. The molecule has 0 saturated heterocycles. The quantitative estimate of drug-likeness (QED) is 0.861. The van der Waals surface area contributed by atoms with Gasteiger partial charge in [-0.1, -0.05) is 13.0 Å². The van der Waals surface area contributed by atoms with Crippen molar-refractivity contribution >= 4 is 17.3 Å². The summed E-state index contributed by atoms with van der Waals surface area (Å²) >= 11 is 1.66. The molecule has 3 nitrogen and oxygen atoms in total. The Morgan fingerprint density at radius 2 is 2.31 bits per heavy atom. The van der Waals surface area contributed by atoms with E-state index in [1.165, 1.54) is 4.88 Å². The number of carbonyl (C=O) groups is 1. The maximum absolute atomic E-state index is 11.3. The molecule has 0 saturated carbocycles. The van der Waals surface area contributed by atoms with E-state index in [1.807, 2.05) is 43.3 Å². The predicted octanol–water partition coefficient (Wildman–Crippen LogP) is 2.99. The Hall–Kier alpha value is -0.870. The summed E-state index contributed by atoms with van der Waals surface area (Å²) in [7, 11) is 1.88. The normalized spacial score (nSPS) is 17.1. The SMILES string of the molecule is CCC(C)(C(=O)O)N(C)C(C)c1cccs1. The van der Waals surface area contributed by atoms with Gasteiger partial charge in [-0.25, -0.2) is 0 Å². The highest BCUT2D eigenvalue weighted by atomic mass is 32.1. The molecule has 0 aromatic carbocycles. The van der Waals surface area contributed by atoms with Crippen LogP contribution in [0.4, 0.5) is 0 Å². The summed E-state index contributed by atoms with van der Waals surface area (Å²) in [5.74, 6) is -0.763. The Bertz CT molecular complexity index is 350. The van der Waals surface area contributed by atoms with Crippen LogP contribution in [0.3, 0.4) is 0 Å². The van der Waals surface area contributed by atoms with Crippen molar-refractivity contribution in [1.82, 2.24) is 4.90 Å². The molecule has 0 aliphatic carbocycles. The zero-order valence-electron chi connectivity index (χ0n) is 10.2. The van der Waals surface area contributed by atoms with E-state index in [4.69, 9.17) is 0 Å². The Morgan fingerprint density at radius 1 is 1.69 bits per heavy atom. The van der Waals surface area contributed by atoms with Gasteiger partial charge in [-0.3, -0.25) is 9.69 Å². The fourth-order valence-corrected chi connectivity index (χ4v) is 2.53. The van der Waals surface area contributed by atoms with Crippen molar-refractivity contribution in [3.05, 3.63) is 22.4 Å². The van der Waals surface area contributed by atoms with Crippen molar-refractivity contribution in [2.75, 3.05) is 7.05 Å². The van der Waals surface area contributed by atoms with Gasteiger partial charge < -0.3 is 5.11 Å². The van der Waals surface area contributed by atoms with E-state index in [-0.39, 0.29) is 6.04 Å². The Morgan fingerprint density at radius 3 is 2.69 bits per heavy atom. The van der Waals surface area contributed by atoms with Crippen molar-refractivity contribution in [1.29, 1.82) is 0 Å². The molecule has 0 bridgehead atoms. The second-order valence-electron chi connectivity index (χ2n) is 4.23. The third-order valence-corrected chi connectivity index (χ3v) is 4.51. The topological polar surface area (TPSA) is 40.5 Å². The van der Waals surface area contributed by atoms with Gasteiger partial charge in [-0.2, -0.15) is 0 Å². The molecule has 90 valence electrons. The molecule has 2 atom stereocenters. The van der Waals surface area contributed by atoms with E-state index in [0.717, 1.165) is 0 Å².